The van der Waals surface area contributed by atoms with E-state index in [0.717, 1.165) is 23.2 Å². The van der Waals surface area contributed by atoms with Crippen molar-refractivity contribution in [3.05, 3.63) is 69.6 Å². The van der Waals surface area contributed by atoms with Crippen molar-refractivity contribution in [2.45, 2.75) is 20.3 Å². The van der Waals surface area contributed by atoms with Crippen LogP contribution in [0.5, 0.6) is 0 Å². The summed E-state index contributed by atoms with van der Waals surface area (Å²) in [5, 5.41) is 8.97. The maximum atomic E-state index is 12.9. The van der Waals surface area contributed by atoms with Gasteiger partial charge < -0.3 is 5.11 Å². The Labute approximate surface area is 161 Å². The highest BCUT2D eigenvalue weighted by Crippen LogP contribution is 2.38. The Balaban J connectivity index is 1.93. The number of thioether (sulfide) groups is 1. The Bertz CT molecular complexity index is 933. The molecule has 1 amide bonds. The summed E-state index contributed by atoms with van der Waals surface area (Å²) in [6.07, 6.45) is 2.63. The summed E-state index contributed by atoms with van der Waals surface area (Å²) in [6, 6.07) is 12.3. The number of carboxylic acid groups (broad SMARTS) is 1. The monoisotopic (exact) mass is 383 g/mol. The lowest BCUT2D eigenvalue weighted by Crippen LogP contribution is -2.28. The van der Waals surface area contributed by atoms with Gasteiger partial charge >= 0.3 is 5.97 Å². The average Bonchev–Trinajstić information content (AvgIpc) is 2.89. The van der Waals surface area contributed by atoms with Crippen LogP contribution in [0.3, 0.4) is 0 Å². The third-order valence-corrected chi connectivity index (χ3v) is 5.59. The molecule has 0 spiro atoms. The largest absolute Gasteiger partial charge is 0.478 e. The number of aromatic carboxylic acids is 1. The summed E-state index contributed by atoms with van der Waals surface area (Å²) in [5.74, 6) is -1.13. The molecule has 1 saturated heterocycles. The van der Waals surface area contributed by atoms with Crippen LogP contribution in [-0.4, -0.2) is 21.3 Å². The van der Waals surface area contributed by atoms with E-state index < -0.39 is 5.97 Å². The SMILES string of the molecule is CCc1cccc(N2C(=O)/C(=C/c3ccc(C(=O)O)cc3)SC2=S)c1C. The maximum Gasteiger partial charge on any atom is 0.335 e. The first kappa shape index (κ1) is 18.4. The van der Waals surface area contributed by atoms with Crippen molar-refractivity contribution >= 4 is 51.9 Å². The van der Waals surface area contributed by atoms with Crippen molar-refractivity contribution < 1.29 is 14.7 Å². The molecule has 2 aromatic carbocycles. The molecule has 0 radical (unpaired) electrons. The molecule has 26 heavy (non-hydrogen) atoms. The lowest BCUT2D eigenvalue weighted by molar-refractivity contribution is -0.113. The van der Waals surface area contributed by atoms with Gasteiger partial charge in [-0.3, -0.25) is 9.69 Å². The Morgan fingerprint density at radius 3 is 2.54 bits per heavy atom. The number of hydrogen-bond donors (Lipinski definition) is 1. The number of aryl methyl sites for hydroxylation is 1. The molecular formula is C20H17NO3S2. The summed E-state index contributed by atoms with van der Waals surface area (Å²) in [7, 11) is 0. The van der Waals surface area contributed by atoms with Crippen LogP contribution in [0.25, 0.3) is 6.08 Å². The van der Waals surface area contributed by atoms with Gasteiger partial charge in [0.05, 0.1) is 16.2 Å². The van der Waals surface area contributed by atoms with Gasteiger partial charge in [0.1, 0.15) is 0 Å². The molecule has 0 bridgehead atoms. The van der Waals surface area contributed by atoms with E-state index in [-0.39, 0.29) is 11.5 Å². The van der Waals surface area contributed by atoms with E-state index in [1.807, 2.05) is 19.1 Å². The molecule has 3 rings (SSSR count). The fourth-order valence-corrected chi connectivity index (χ4v) is 4.13. The second kappa shape index (κ2) is 7.43. The van der Waals surface area contributed by atoms with Gasteiger partial charge in [0.2, 0.25) is 0 Å². The van der Waals surface area contributed by atoms with Crippen LogP contribution in [0.2, 0.25) is 0 Å². The fourth-order valence-electron chi connectivity index (χ4n) is 2.84. The van der Waals surface area contributed by atoms with Gasteiger partial charge in [-0.15, -0.1) is 0 Å². The van der Waals surface area contributed by atoms with Gasteiger partial charge in [0.25, 0.3) is 5.91 Å². The molecule has 132 valence electrons. The molecule has 2 aromatic rings. The molecule has 0 unspecified atom stereocenters. The lowest BCUT2D eigenvalue weighted by Gasteiger charge is -2.19. The second-order valence-corrected chi connectivity index (χ2v) is 7.53. The van der Waals surface area contributed by atoms with Crippen LogP contribution in [0.4, 0.5) is 5.69 Å². The van der Waals surface area contributed by atoms with Crippen molar-refractivity contribution in [3.63, 3.8) is 0 Å². The van der Waals surface area contributed by atoms with Crippen molar-refractivity contribution in [2.75, 3.05) is 4.90 Å². The second-order valence-electron chi connectivity index (χ2n) is 5.86. The number of carbonyl (C=O) groups excluding carboxylic acids is 1. The summed E-state index contributed by atoms with van der Waals surface area (Å²) in [6.45, 7) is 4.08. The Morgan fingerprint density at radius 1 is 1.23 bits per heavy atom. The molecule has 1 aliphatic heterocycles. The number of anilines is 1. The first-order valence-electron chi connectivity index (χ1n) is 8.12. The molecular weight excluding hydrogens is 366 g/mol. The van der Waals surface area contributed by atoms with Crippen molar-refractivity contribution in [3.8, 4) is 0 Å². The molecule has 1 N–H and O–H groups in total. The zero-order valence-corrected chi connectivity index (χ0v) is 16.0. The molecule has 1 aliphatic rings. The van der Waals surface area contributed by atoms with Crippen LogP contribution in [0, 0.1) is 6.92 Å². The van der Waals surface area contributed by atoms with Crippen LogP contribution >= 0.6 is 24.0 Å². The van der Waals surface area contributed by atoms with Crippen LogP contribution in [-0.2, 0) is 11.2 Å². The van der Waals surface area contributed by atoms with Crippen molar-refractivity contribution in [2.24, 2.45) is 0 Å². The Kier molecular flexibility index (Phi) is 5.25. The topological polar surface area (TPSA) is 57.6 Å². The summed E-state index contributed by atoms with van der Waals surface area (Å²) < 4.78 is 0.500. The van der Waals surface area contributed by atoms with E-state index in [9.17, 15) is 9.59 Å². The molecule has 0 aliphatic carbocycles. The first-order chi connectivity index (χ1) is 12.4. The maximum absolute atomic E-state index is 12.9. The summed E-state index contributed by atoms with van der Waals surface area (Å²) >= 11 is 6.69. The molecule has 4 nitrogen and oxygen atoms in total. The van der Waals surface area contributed by atoms with E-state index in [2.05, 4.69) is 13.0 Å². The van der Waals surface area contributed by atoms with Gasteiger partial charge in [-0.2, -0.15) is 0 Å². The molecule has 0 aromatic heterocycles. The summed E-state index contributed by atoms with van der Waals surface area (Å²) in [4.78, 5) is 25.9. The van der Waals surface area contributed by atoms with Gasteiger partial charge in [0.15, 0.2) is 4.32 Å². The Hall–Kier alpha value is -2.44. The van der Waals surface area contributed by atoms with E-state index in [0.29, 0.717) is 9.23 Å². The molecule has 6 heteroatoms. The summed E-state index contributed by atoms with van der Waals surface area (Å²) in [5.41, 5.74) is 4.02. The fraction of sp³-hybridized carbons (Fsp3) is 0.150. The third-order valence-electron chi connectivity index (χ3n) is 4.29. The molecule has 0 saturated carbocycles. The molecule has 0 atom stereocenters. The minimum atomic E-state index is -0.978. The highest BCUT2D eigenvalue weighted by atomic mass is 32.2. The zero-order valence-electron chi connectivity index (χ0n) is 14.4. The number of carbonyl (C=O) groups is 2. The predicted octanol–water partition coefficient (Wildman–Crippen LogP) is 4.66. The molecule has 1 heterocycles. The predicted molar refractivity (Wildman–Crippen MR) is 110 cm³/mol. The number of rotatable bonds is 4. The van der Waals surface area contributed by atoms with Gasteiger partial charge in [-0.05, 0) is 54.3 Å². The van der Waals surface area contributed by atoms with Crippen LogP contribution < -0.4 is 4.90 Å². The van der Waals surface area contributed by atoms with Crippen LogP contribution in [0.15, 0.2) is 47.4 Å². The Morgan fingerprint density at radius 2 is 1.92 bits per heavy atom. The zero-order chi connectivity index (χ0) is 18.8. The minimum absolute atomic E-state index is 0.154. The van der Waals surface area contributed by atoms with E-state index in [4.69, 9.17) is 17.3 Å². The number of thiocarbonyl (C=S) groups is 1. The normalized spacial score (nSPS) is 15.8. The number of amides is 1. The standard InChI is InChI=1S/C20H17NO3S2/c1-3-14-5-4-6-16(12(14)2)21-18(22)17(26-20(21)25)11-13-7-9-15(10-8-13)19(23)24/h4-11H,3H2,1-2H3,(H,23,24)/b17-11-. The lowest BCUT2D eigenvalue weighted by atomic mass is 10.0. The van der Waals surface area contributed by atoms with E-state index in [1.54, 1.807) is 23.1 Å². The quantitative estimate of drug-likeness (QED) is 0.615. The molecule has 1 fully saturated rings. The van der Waals surface area contributed by atoms with E-state index >= 15 is 0 Å². The van der Waals surface area contributed by atoms with Gasteiger partial charge in [-0.25, -0.2) is 4.79 Å². The number of hydrogen-bond acceptors (Lipinski definition) is 4. The third kappa shape index (κ3) is 3.43. The smallest absolute Gasteiger partial charge is 0.335 e. The van der Waals surface area contributed by atoms with Crippen LogP contribution in [0.1, 0.15) is 34.0 Å². The van der Waals surface area contributed by atoms with Crippen molar-refractivity contribution in [1.82, 2.24) is 0 Å². The van der Waals surface area contributed by atoms with Gasteiger partial charge in [-0.1, -0.05) is 55.2 Å². The average molecular weight is 383 g/mol. The number of nitrogens with zero attached hydrogens (tertiary/aromatic N) is 1. The van der Waals surface area contributed by atoms with Gasteiger partial charge in [0, 0.05) is 0 Å². The van der Waals surface area contributed by atoms with E-state index in [1.165, 1.54) is 29.5 Å². The van der Waals surface area contributed by atoms with Crippen molar-refractivity contribution in [1.29, 1.82) is 0 Å². The first-order valence-corrected chi connectivity index (χ1v) is 9.34. The minimum Gasteiger partial charge on any atom is -0.478 e. The highest BCUT2D eigenvalue weighted by Gasteiger charge is 2.34. The highest BCUT2D eigenvalue weighted by molar-refractivity contribution is 8.27. The number of benzene rings is 2. The number of carboxylic acids is 1.